The van der Waals surface area contributed by atoms with Gasteiger partial charge in [-0.15, -0.1) is 11.3 Å². The molecule has 29 heavy (non-hydrogen) atoms. The van der Waals surface area contributed by atoms with Crippen molar-refractivity contribution in [3.63, 3.8) is 0 Å². The van der Waals surface area contributed by atoms with Crippen molar-refractivity contribution in [2.24, 2.45) is 0 Å². The standard InChI is InChI=1S/C23H21N3O2S/c1-3-28-17-6-4-5-16(13-17)25-22(27)21-20(24)18-11-12-19(26-23(18)29-21)15-9-7-14(2)8-10-15/h4-13H,3,24H2,1-2H3,(H,25,27). The number of benzene rings is 2. The fourth-order valence-corrected chi connectivity index (χ4v) is 4.06. The Morgan fingerprint density at radius 3 is 2.69 bits per heavy atom. The monoisotopic (exact) mass is 403 g/mol. The van der Waals surface area contributed by atoms with Gasteiger partial charge >= 0.3 is 0 Å². The SMILES string of the molecule is CCOc1cccc(NC(=O)c2sc3nc(-c4ccc(C)cc4)ccc3c2N)c1. The number of anilines is 2. The number of thiophene rings is 1. The molecule has 0 atom stereocenters. The van der Waals surface area contributed by atoms with Crippen LogP contribution in [-0.2, 0) is 0 Å². The first kappa shape index (κ1) is 19.0. The summed E-state index contributed by atoms with van der Waals surface area (Å²) in [5, 5.41) is 3.69. The Hall–Kier alpha value is -3.38. The van der Waals surface area contributed by atoms with Crippen LogP contribution in [0.3, 0.4) is 0 Å². The third kappa shape index (κ3) is 3.93. The number of rotatable bonds is 5. The number of fused-ring (bicyclic) bond motifs is 1. The second-order valence-corrected chi connectivity index (χ2v) is 7.67. The highest BCUT2D eigenvalue weighted by Gasteiger charge is 2.18. The average molecular weight is 404 g/mol. The van der Waals surface area contributed by atoms with Gasteiger partial charge in [0.2, 0.25) is 0 Å². The maximum Gasteiger partial charge on any atom is 0.267 e. The van der Waals surface area contributed by atoms with E-state index >= 15 is 0 Å². The predicted octanol–water partition coefficient (Wildman–Crippen LogP) is 5.50. The van der Waals surface area contributed by atoms with E-state index in [1.807, 2.05) is 49.4 Å². The molecule has 4 aromatic rings. The number of amides is 1. The summed E-state index contributed by atoms with van der Waals surface area (Å²) in [5.41, 5.74) is 10.5. The quantitative estimate of drug-likeness (QED) is 0.461. The first-order valence-corrected chi connectivity index (χ1v) is 10.2. The summed E-state index contributed by atoms with van der Waals surface area (Å²) in [7, 11) is 0. The third-order valence-electron chi connectivity index (χ3n) is 4.55. The Kier molecular flexibility index (Phi) is 5.18. The largest absolute Gasteiger partial charge is 0.494 e. The van der Waals surface area contributed by atoms with Crippen molar-refractivity contribution in [1.82, 2.24) is 4.98 Å². The molecule has 5 nitrogen and oxygen atoms in total. The summed E-state index contributed by atoms with van der Waals surface area (Å²) in [6.07, 6.45) is 0. The van der Waals surface area contributed by atoms with Crippen molar-refractivity contribution in [2.45, 2.75) is 13.8 Å². The Morgan fingerprint density at radius 2 is 1.93 bits per heavy atom. The van der Waals surface area contributed by atoms with Crippen LogP contribution in [0.1, 0.15) is 22.2 Å². The van der Waals surface area contributed by atoms with E-state index in [0.29, 0.717) is 28.6 Å². The smallest absolute Gasteiger partial charge is 0.267 e. The van der Waals surface area contributed by atoms with Gasteiger partial charge < -0.3 is 15.8 Å². The van der Waals surface area contributed by atoms with Crippen molar-refractivity contribution < 1.29 is 9.53 Å². The molecule has 0 unspecified atom stereocenters. The molecule has 2 aromatic carbocycles. The number of nitrogen functional groups attached to an aromatic ring is 1. The minimum Gasteiger partial charge on any atom is -0.494 e. The van der Waals surface area contributed by atoms with E-state index in [-0.39, 0.29) is 5.91 Å². The number of aromatic nitrogens is 1. The van der Waals surface area contributed by atoms with Crippen LogP contribution in [0, 0.1) is 6.92 Å². The summed E-state index contributed by atoms with van der Waals surface area (Å²) < 4.78 is 5.48. The third-order valence-corrected chi connectivity index (χ3v) is 5.66. The van der Waals surface area contributed by atoms with Crippen LogP contribution in [0.2, 0.25) is 0 Å². The Bertz CT molecular complexity index is 1180. The van der Waals surface area contributed by atoms with Gasteiger partial charge in [-0.05, 0) is 38.1 Å². The molecule has 146 valence electrons. The molecule has 2 heterocycles. The van der Waals surface area contributed by atoms with Gasteiger partial charge in [0.05, 0.1) is 18.0 Å². The van der Waals surface area contributed by atoms with Gasteiger partial charge in [-0.2, -0.15) is 0 Å². The van der Waals surface area contributed by atoms with Gasteiger partial charge in [-0.25, -0.2) is 4.98 Å². The second kappa shape index (κ2) is 7.93. The number of ether oxygens (including phenoxy) is 1. The van der Waals surface area contributed by atoms with Gasteiger partial charge in [0.15, 0.2) is 0 Å². The van der Waals surface area contributed by atoms with E-state index in [1.165, 1.54) is 16.9 Å². The first-order valence-electron chi connectivity index (χ1n) is 9.35. The summed E-state index contributed by atoms with van der Waals surface area (Å²) in [6, 6.07) is 19.3. The fourth-order valence-electron chi connectivity index (χ4n) is 3.07. The lowest BCUT2D eigenvalue weighted by Crippen LogP contribution is -2.12. The molecule has 6 heteroatoms. The average Bonchev–Trinajstić information content (AvgIpc) is 3.05. The molecule has 4 rings (SSSR count). The highest BCUT2D eigenvalue weighted by atomic mass is 32.1. The van der Waals surface area contributed by atoms with E-state index < -0.39 is 0 Å². The molecule has 0 radical (unpaired) electrons. The number of aryl methyl sites for hydroxylation is 1. The van der Waals surface area contributed by atoms with E-state index in [0.717, 1.165) is 21.5 Å². The summed E-state index contributed by atoms with van der Waals surface area (Å²) in [5.74, 6) is 0.454. The van der Waals surface area contributed by atoms with E-state index in [2.05, 4.69) is 24.4 Å². The van der Waals surface area contributed by atoms with E-state index in [1.54, 1.807) is 6.07 Å². The van der Waals surface area contributed by atoms with Crippen molar-refractivity contribution in [3.8, 4) is 17.0 Å². The molecular weight excluding hydrogens is 382 g/mol. The van der Waals surface area contributed by atoms with Crippen LogP contribution in [0.4, 0.5) is 11.4 Å². The maximum absolute atomic E-state index is 12.8. The molecule has 0 aliphatic rings. The molecule has 1 amide bonds. The van der Waals surface area contributed by atoms with Crippen LogP contribution in [0.5, 0.6) is 5.75 Å². The fraction of sp³-hybridized carbons (Fsp3) is 0.130. The molecule has 0 bridgehead atoms. The molecule has 3 N–H and O–H groups in total. The zero-order valence-electron chi connectivity index (χ0n) is 16.2. The van der Waals surface area contributed by atoms with Crippen LogP contribution < -0.4 is 15.8 Å². The molecule has 0 saturated heterocycles. The molecule has 0 aliphatic carbocycles. The lowest BCUT2D eigenvalue weighted by Gasteiger charge is -2.07. The van der Waals surface area contributed by atoms with E-state index in [9.17, 15) is 4.79 Å². The van der Waals surface area contributed by atoms with Crippen LogP contribution in [0.25, 0.3) is 21.5 Å². The minimum atomic E-state index is -0.254. The summed E-state index contributed by atoms with van der Waals surface area (Å²) >= 11 is 1.30. The predicted molar refractivity (Wildman–Crippen MR) is 120 cm³/mol. The van der Waals surface area contributed by atoms with Gasteiger partial charge in [0.25, 0.3) is 5.91 Å². The normalized spacial score (nSPS) is 10.8. The number of nitrogens with one attached hydrogen (secondary N) is 1. The molecule has 2 aromatic heterocycles. The number of nitrogens with two attached hydrogens (primary N) is 1. The highest BCUT2D eigenvalue weighted by Crippen LogP contribution is 2.34. The molecule has 0 aliphatic heterocycles. The topological polar surface area (TPSA) is 77.2 Å². The van der Waals surface area contributed by atoms with Crippen LogP contribution in [-0.4, -0.2) is 17.5 Å². The summed E-state index contributed by atoms with van der Waals surface area (Å²) in [6.45, 7) is 4.53. The number of carbonyl (C=O) groups excluding carboxylic acids is 1. The number of hydrogen-bond acceptors (Lipinski definition) is 5. The lowest BCUT2D eigenvalue weighted by molar-refractivity contribution is 0.103. The molecule has 0 saturated carbocycles. The van der Waals surface area contributed by atoms with Crippen molar-refractivity contribution in [3.05, 3.63) is 71.1 Å². The van der Waals surface area contributed by atoms with Gasteiger partial charge in [-0.1, -0.05) is 35.9 Å². The lowest BCUT2D eigenvalue weighted by atomic mass is 10.1. The number of pyridine rings is 1. The molecule has 0 fully saturated rings. The number of hydrogen-bond donors (Lipinski definition) is 2. The van der Waals surface area contributed by atoms with Crippen LogP contribution in [0.15, 0.2) is 60.7 Å². The zero-order valence-corrected chi connectivity index (χ0v) is 17.0. The zero-order chi connectivity index (χ0) is 20.4. The maximum atomic E-state index is 12.8. The first-order chi connectivity index (χ1) is 14.0. The van der Waals surface area contributed by atoms with Gasteiger partial charge in [0, 0.05) is 22.7 Å². The van der Waals surface area contributed by atoms with Crippen molar-refractivity contribution in [1.29, 1.82) is 0 Å². The number of carbonyl (C=O) groups is 1. The van der Waals surface area contributed by atoms with Crippen LogP contribution >= 0.6 is 11.3 Å². The van der Waals surface area contributed by atoms with E-state index in [4.69, 9.17) is 15.5 Å². The molecular formula is C23H21N3O2S. The Balaban J connectivity index is 1.63. The minimum absolute atomic E-state index is 0.254. The summed E-state index contributed by atoms with van der Waals surface area (Å²) in [4.78, 5) is 18.7. The molecule has 0 spiro atoms. The van der Waals surface area contributed by atoms with Crippen molar-refractivity contribution >= 4 is 38.8 Å². The number of nitrogens with zero attached hydrogens (tertiary/aromatic N) is 1. The highest BCUT2D eigenvalue weighted by molar-refractivity contribution is 7.21. The van der Waals surface area contributed by atoms with Crippen molar-refractivity contribution in [2.75, 3.05) is 17.7 Å². The Labute approximate surface area is 173 Å². The van der Waals surface area contributed by atoms with Gasteiger partial charge in [-0.3, -0.25) is 4.79 Å². The second-order valence-electron chi connectivity index (χ2n) is 6.68. The Morgan fingerprint density at radius 1 is 1.14 bits per heavy atom. The van der Waals surface area contributed by atoms with Gasteiger partial charge in [0.1, 0.15) is 15.5 Å².